The van der Waals surface area contributed by atoms with Crippen molar-refractivity contribution in [3.05, 3.63) is 66.2 Å². The Labute approximate surface area is 156 Å². The van der Waals surface area contributed by atoms with Crippen LogP contribution >= 0.6 is 0 Å². The van der Waals surface area contributed by atoms with E-state index in [4.69, 9.17) is 14.2 Å². The number of carbonyl (C=O) groups excluding carboxylic acids is 1. The molecule has 6 heteroatoms. The Balaban J connectivity index is 1.30. The molecule has 0 bridgehead atoms. The van der Waals surface area contributed by atoms with E-state index in [1.54, 1.807) is 6.21 Å². The van der Waals surface area contributed by atoms with Gasteiger partial charge in [-0.1, -0.05) is 30.3 Å². The summed E-state index contributed by atoms with van der Waals surface area (Å²) in [6.07, 6.45) is 1.55. The van der Waals surface area contributed by atoms with Crippen molar-refractivity contribution in [1.29, 1.82) is 0 Å². The summed E-state index contributed by atoms with van der Waals surface area (Å²) in [6.45, 7) is 0.959. The lowest BCUT2D eigenvalue weighted by atomic mass is 10.1. The van der Waals surface area contributed by atoms with Gasteiger partial charge in [-0.15, -0.1) is 0 Å². The minimum atomic E-state index is -0.336. The molecule has 0 saturated carbocycles. The van der Waals surface area contributed by atoms with E-state index in [1.165, 1.54) is 0 Å². The van der Waals surface area contributed by atoms with Crippen LogP contribution in [0.4, 0.5) is 0 Å². The van der Waals surface area contributed by atoms with Gasteiger partial charge in [0.05, 0.1) is 6.21 Å². The summed E-state index contributed by atoms with van der Waals surface area (Å²) >= 11 is 0. The molecule has 0 unspecified atom stereocenters. The molecule has 3 aromatic rings. The number of benzene rings is 3. The third-order valence-electron chi connectivity index (χ3n) is 4.06. The fourth-order valence-corrected chi connectivity index (χ4v) is 2.76. The van der Waals surface area contributed by atoms with Crippen LogP contribution in [0.3, 0.4) is 0 Å². The zero-order chi connectivity index (χ0) is 18.5. The summed E-state index contributed by atoms with van der Waals surface area (Å²) in [5, 5.41) is 6.14. The van der Waals surface area contributed by atoms with Crippen molar-refractivity contribution in [2.45, 2.75) is 0 Å². The van der Waals surface area contributed by atoms with E-state index in [0.29, 0.717) is 30.5 Å². The molecule has 1 heterocycles. The molecule has 3 aromatic carbocycles. The Hall–Kier alpha value is -3.54. The maximum absolute atomic E-state index is 11.9. The zero-order valence-electron chi connectivity index (χ0n) is 14.6. The molecule has 0 aliphatic carbocycles. The third-order valence-corrected chi connectivity index (χ3v) is 4.06. The van der Waals surface area contributed by atoms with E-state index in [-0.39, 0.29) is 12.5 Å². The van der Waals surface area contributed by atoms with Gasteiger partial charge in [0.25, 0.3) is 5.91 Å². The van der Waals surface area contributed by atoms with Gasteiger partial charge < -0.3 is 14.2 Å². The molecule has 1 N–H and O–H groups in total. The molecule has 0 radical (unpaired) electrons. The van der Waals surface area contributed by atoms with Crippen molar-refractivity contribution in [1.82, 2.24) is 5.43 Å². The SMILES string of the molecule is O=C(COc1ccc2ccccc2c1)N/N=C/c1ccc2c(c1)OCCO2. The van der Waals surface area contributed by atoms with Crippen LogP contribution in [0.15, 0.2) is 65.8 Å². The number of nitrogens with zero attached hydrogens (tertiary/aromatic N) is 1. The molecule has 6 nitrogen and oxygen atoms in total. The zero-order valence-corrected chi connectivity index (χ0v) is 14.6. The molecule has 0 aromatic heterocycles. The number of ether oxygens (including phenoxy) is 3. The lowest BCUT2D eigenvalue weighted by Crippen LogP contribution is -2.24. The highest BCUT2D eigenvalue weighted by atomic mass is 16.6. The number of hydrogen-bond acceptors (Lipinski definition) is 5. The lowest BCUT2D eigenvalue weighted by Gasteiger charge is -2.18. The second kappa shape index (κ2) is 7.78. The highest BCUT2D eigenvalue weighted by Crippen LogP contribution is 2.30. The fourth-order valence-electron chi connectivity index (χ4n) is 2.76. The van der Waals surface area contributed by atoms with Crippen LogP contribution in [0.5, 0.6) is 17.2 Å². The summed E-state index contributed by atoms with van der Waals surface area (Å²) < 4.78 is 16.5. The van der Waals surface area contributed by atoms with Gasteiger partial charge in [-0.25, -0.2) is 5.43 Å². The molecule has 1 aliphatic heterocycles. The minimum Gasteiger partial charge on any atom is -0.486 e. The topological polar surface area (TPSA) is 69.2 Å². The molecule has 27 heavy (non-hydrogen) atoms. The van der Waals surface area contributed by atoms with Crippen LogP contribution in [0.2, 0.25) is 0 Å². The van der Waals surface area contributed by atoms with Gasteiger partial charge in [-0.3, -0.25) is 4.79 Å². The molecular formula is C21H18N2O4. The maximum Gasteiger partial charge on any atom is 0.277 e. The predicted octanol–water partition coefficient (Wildman–Crippen LogP) is 3.14. The van der Waals surface area contributed by atoms with Crippen LogP contribution in [0, 0.1) is 0 Å². The van der Waals surface area contributed by atoms with Crippen molar-refractivity contribution >= 4 is 22.9 Å². The smallest absolute Gasteiger partial charge is 0.277 e. The van der Waals surface area contributed by atoms with Crippen LogP contribution in [0.25, 0.3) is 10.8 Å². The number of hydrazone groups is 1. The third kappa shape index (κ3) is 4.17. The van der Waals surface area contributed by atoms with Crippen molar-refractivity contribution in [3.8, 4) is 17.2 Å². The molecule has 1 amide bonds. The van der Waals surface area contributed by atoms with Gasteiger partial charge in [0.2, 0.25) is 0 Å². The van der Waals surface area contributed by atoms with E-state index in [9.17, 15) is 4.79 Å². The summed E-state index contributed by atoms with van der Waals surface area (Å²) in [7, 11) is 0. The van der Waals surface area contributed by atoms with Crippen molar-refractivity contribution in [2.75, 3.05) is 19.8 Å². The first-order chi connectivity index (χ1) is 13.3. The Bertz CT molecular complexity index is 1000. The first-order valence-electron chi connectivity index (χ1n) is 8.61. The summed E-state index contributed by atoms with van der Waals surface area (Å²) in [5.74, 6) is 1.69. The molecule has 0 atom stereocenters. The Kier molecular flexibility index (Phi) is 4.87. The molecule has 1 aliphatic rings. The van der Waals surface area contributed by atoms with Crippen molar-refractivity contribution in [3.63, 3.8) is 0 Å². The van der Waals surface area contributed by atoms with Gasteiger partial charge in [-0.05, 0) is 46.7 Å². The molecule has 0 saturated heterocycles. The summed E-state index contributed by atoms with van der Waals surface area (Å²) in [6, 6.07) is 19.2. The monoisotopic (exact) mass is 362 g/mol. The lowest BCUT2D eigenvalue weighted by molar-refractivity contribution is -0.123. The van der Waals surface area contributed by atoms with Gasteiger partial charge in [-0.2, -0.15) is 5.10 Å². The normalized spacial score (nSPS) is 12.9. The highest BCUT2D eigenvalue weighted by Gasteiger charge is 2.11. The number of fused-ring (bicyclic) bond motifs is 2. The van der Waals surface area contributed by atoms with Gasteiger partial charge >= 0.3 is 0 Å². The quantitative estimate of drug-likeness (QED) is 0.559. The highest BCUT2D eigenvalue weighted by molar-refractivity contribution is 5.85. The van der Waals surface area contributed by atoms with E-state index in [0.717, 1.165) is 16.3 Å². The standard InChI is InChI=1S/C21H18N2O4/c24-21(14-27-18-7-6-16-3-1-2-4-17(16)12-18)23-22-13-15-5-8-19-20(11-15)26-10-9-25-19/h1-8,11-13H,9-10,14H2,(H,23,24)/b22-13+. The maximum atomic E-state index is 11.9. The van der Waals surface area contributed by atoms with Crippen LogP contribution in [-0.2, 0) is 4.79 Å². The second-order valence-corrected chi connectivity index (χ2v) is 5.99. The van der Waals surface area contributed by atoms with E-state index in [2.05, 4.69) is 10.5 Å². The first kappa shape index (κ1) is 16.9. The predicted molar refractivity (Wildman–Crippen MR) is 103 cm³/mol. The number of hydrogen-bond donors (Lipinski definition) is 1. The van der Waals surface area contributed by atoms with Crippen LogP contribution in [-0.4, -0.2) is 31.9 Å². The molecule has 0 fully saturated rings. The van der Waals surface area contributed by atoms with Gasteiger partial charge in [0, 0.05) is 0 Å². The molecular weight excluding hydrogens is 344 g/mol. The van der Waals surface area contributed by atoms with E-state index >= 15 is 0 Å². The summed E-state index contributed by atoms with van der Waals surface area (Å²) in [4.78, 5) is 11.9. The average molecular weight is 362 g/mol. The number of rotatable bonds is 5. The largest absolute Gasteiger partial charge is 0.486 e. The van der Waals surface area contributed by atoms with Gasteiger partial charge in [0.1, 0.15) is 19.0 Å². The number of carbonyl (C=O) groups is 1. The first-order valence-corrected chi connectivity index (χ1v) is 8.61. The molecule has 0 spiro atoms. The van der Waals surface area contributed by atoms with Gasteiger partial charge in [0.15, 0.2) is 18.1 Å². The molecule has 4 rings (SSSR count). The second-order valence-electron chi connectivity index (χ2n) is 5.99. The number of nitrogens with one attached hydrogen (secondary N) is 1. The summed E-state index contributed by atoms with van der Waals surface area (Å²) in [5.41, 5.74) is 3.25. The Morgan fingerprint density at radius 1 is 1.00 bits per heavy atom. The number of amides is 1. The Morgan fingerprint density at radius 3 is 2.70 bits per heavy atom. The van der Waals surface area contributed by atoms with E-state index < -0.39 is 0 Å². The van der Waals surface area contributed by atoms with Crippen LogP contribution < -0.4 is 19.6 Å². The Morgan fingerprint density at radius 2 is 1.81 bits per heavy atom. The van der Waals surface area contributed by atoms with Crippen molar-refractivity contribution in [2.24, 2.45) is 5.10 Å². The van der Waals surface area contributed by atoms with E-state index in [1.807, 2.05) is 60.7 Å². The van der Waals surface area contributed by atoms with Crippen LogP contribution in [0.1, 0.15) is 5.56 Å². The fraction of sp³-hybridized carbons (Fsp3) is 0.143. The minimum absolute atomic E-state index is 0.114. The molecule has 136 valence electrons. The van der Waals surface area contributed by atoms with Crippen molar-refractivity contribution < 1.29 is 19.0 Å². The average Bonchev–Trinajstić information content (AvgIpc) is 2.72.